The summed E-state index contributed by atoms with van der Waals surface area (Å²) in [5.74, 6) is 0.561. The number of benzene rings is 2. The van der Waals surface area contributed by atoms with E-state index in [1.54, 1.807) is 31.2 Å². The number of halogens is 4. The van der Waals surface area contributed by atoms with Gasteiger partial charge in [0.15, 0.2) is 5.96 Å². The Morgan fingerprint density at radius 2 is 1.61 bits per heavy atom. The first kappa shape index (κ1) is 27.2. The van der Waals surface area contributed by atoms with Crippen molar-refractivity contribution in [3.05, 3.63) is 71.3 Å². The van der Waals surface area contributed by atoms with Gasteiger partial charge in [0.1, 0.15) is 12.2 Å². The van der Waals surface area contributed by atoms with E-state index in [-0.39, 0.29) is 37.1 Å². The Kier molecular flexibility index (Phi) is 11.3. The number of aliphatic imine (C=N–C) groups is 1. The maximum Gasteiger partial charge on any atom is 0.411 e. The van der Waals surface area contributed by atoms with E-state index in [0.717, 1.165) is 11.1 Å². The van der Waals surface area contributed by atoms with E-state index in [2.05, 4.69) is 20.4 Å². The highest BCUT2D eigenvalue weighted by atomic mass is 127. The molecule has 0 aliphatic heterocycles. The number of nitrogens with zero attached hydrogens (tertiary/aromatic N) is 1. The molecule has 1 unspecified atom stereocenters. The first-order valence-electron chi connectivity index (χ1n) is 9.72. The lowest BCUT2D eigenvalue weighted by atomic mass is 9.96. The lowest BCUT2D eigenvalue weighted by Crippen LogP contribution is -2.44. The molecule has 0 aromatic heterocycles. The second kappa shape index (κ2) is 12.9. The number of rotatable bonds is 9. The van der Waals surface area contributed by atoms with Crippen molar-refractivity contribution in [3.63, 3.8) is 0 Å². The van der Waals surface area contributed by atoms with Crippen molar-refractivity contribution in [1.29, 1.82) is 0 Å². The van der Waals surface area contributed by atoms with Crippen LogP contribution in [-0.2, 0) is 23.5 Å². The number of nitrogens with one attached hydrogen (secondary N) is 2. The lowest BCUT2D eigenvalue weighted by molar-refractivity contribution is -0.176. The summed E-state index contributed by atoms with van der Waals surface area (Å²) in [6.07, 6.45) is -4.32. The van der Waals surface area contributed by atoms with E-state index in [0.29, 0.717) is 24.6 Å². The quantitative estimate of drug-likeness (QED) is 0.247. The van der Waals surface area contributed by atoms with E-state index in [9.17, 15) is 18.3 Å². The van der Waals surface area contributed by atoms with Crippen LogP contribution >= 0.6 is 24.0 Å². The van der Waals surface area contributed by atoms with Crippen LogP contribution in [0.1, 0.15) is 30.5 Å². The first-order chi connectivity index (χ1) is 14.2. The van der Waals surface area contributed by atoms with Crippen LogP contribution in [0.3, 0.4) is 0 Å². The third-order valence-electron chi connectivity index (χ3n) is 4.32. The van der Waals surface area contributed by atoms with Crippen LogP contribution in [-0.4, -0.2) is 36.9 Å². The van der Waals surface area contributed by atoms with E-state index < -0.39 is 18.4 Å². The molecular formula is C22H29F3IN3O2. The molecule has 9 heteroatoms. The Morgan fingerprint density at radius 3 is 2.19 bits per heavy atom. The molecule has 0 aliphatic carbocycles. The van der Waals surface area contributed by atoms with Gasteiger partial charge in [-0.15, -0.1) is 24.0 Å². The molecule has 0 bridgehead atoms. The van der Waals surface area contributed by atoms with E-state index in [4.69, 9.17) is 0 Å². The van der Waals surface area contributed by atoms with Crippen LogP contribution in [0, 0.1) is 0 Å². The monoisotopic (exact) mass is 551 g/mol. The minimum atomic E-state index is -4.32. The van der Waals surface area contributed by atoms with Gasteiger partial charge in [-0.1, -0.05) is 54.6 Å². The highest BCUT2D eigenvalue weighted by Crippen LogP contribution is 2.19. The van der Waals surface area contributed by atoms with Gasteiger partial charge in [-0.3, -0.25) is 0 Å². The van der Waals surface area contributed by atoms with Crippen molar-refractivity contribution in [2.24, 2.45) is 4.99 Å². The van der Waals surface area contributed by atoms with Crippen LogP contribution in [0.25, 0.3) is 0 Å². The van der Waals surface area contributed by atoms with Gasteiger partial charge in [0.2, 0.25) is 0 Å². The van der Waals surface area contributed by atoms with Crippen LogP contribution in [0.4, 0.5) is 13.2 Å². The molecule has 0 radical (unpaired) electrons. The summed E-state index contributed by atoms with van der Waals surface area (Å²) in [5, 5.41) is 17.0. The Labute approximate surface area is 198 Å². The zero-order chi connectivity index (χ0) is 22.0. The summed E-state index contributed by atoms with van der Waals surface area (Å²) in [5.41, 5.74) is 1.31. The molecule has 2 rings (SSSR count). The maximum atomic E-state index is 12.1. The Morgan fingerprint density at radius 1 is 1.00 bits per heavy atom. The number of guanidine groups is 1. The first-order valence-corrected chi connectivity index (χ1v) is 9.72. The van der Waals surface area contributed by atoms with Gasteiger partial charge in [-0.25, -0.2) is 4.99 Å². The summed E-state index contributed by atoms with van der Waals surface area (Å²) in [7, 11) is 0. The van der Waals surface area contributed by atoms with Crippen LogP contribution in [0.2, 0.25) is 0 Å². The number of alkyl halides is 3. The highest BCUT2D eigenvalue weighted by molar-refractivity contribution is 14.0. The predicted octanol–water partition coefficient (Wildman–Crippen LogP) is 4.35. The van der Waals surface area contributed by atoms with Gasteiger partial charge in [-0.05, 0) is 30.5 Å². The summed E-state index contributed by atoms with van der Waals surface area (Å²) < 4.78 is 41.0. The fraction of sp³-hybridized carbons (Fsp3) is 0.409. The number of hydrogen-bond acceptors (Lipinski definition) is 3. The molecule has 0 saturated carbocycles. The number of aliphatic hydroxyl groups is 1. The minimum Gasteiger partial charge on any atom is -0.384 e. The van der Waals surface area contributed by atoms with Gasteiger partial charge in [0.05, 0.1) is 19.7 Å². The molecule has 0 aliphatic rings. The second-order valence-electron chi connectivity index (χ2n) is 7.11. The maximum absolute atomic E-state index is 12.1. The van der Waals surface area contributed by atoms with E-state index in [1.165, 1.54) is 0 Å². The molecule has 0 amide bonds. The van der Waals surface area contributed by atoms with Crippen molar-refractivity contribution in [1.82, 2.24) is 10.6 Å². The largest absolute Gasteiger partial charge is 0.411 e. The zero-order valence-corrected chi connectivity index (χ0v) is 19.9. The fourth-order valence-electron chi connectivity index (χ4n) is 2.69. The van der Waals surface area contributed by atoms with Crippen molar-refractivity contribution >= 4 is 29.9 Å². The molecule has 0 fully saturated rings. The van der Waals surface area contributed by atoms with Crippen molar-refractivity contribution < 1.29 is 23.0 Å². The van der Waals surface area contributed by atoms with Gasteiger partial charge in [0, 0.05) is 6.54 Å². The third kappa shape index (κ3) is 10.3. The molecule has 0 spiro atoms. The summed E-state index contributed by atoms with van der Waals surface area (Å²) in [4.78, 5) is 4.51. The molecule has 2 aromatic carbocycles. The van der Waals surface area contributed by atoms with Crippen LogP contribution in [0.5, 0.6) is 0 Å². The molecule has 0 heterocycles. The SMILES string of the molecule is CCNC(=NCc1ccc(COCC(F)(F)F)cc1)NCC(C)(O)c1ccccc1.I. The van der Waals surface area contributed by atoms with Gasteiger partial charge in [-0.2, -0.15) is 13.2 Å². The average molecular weight is 551 g/mol. The number of hydrogen-bond donors (Lipinski definition) is 3. The molecule has 31 heavy (non-hydrogen) atoms. The average Bonchev–Trinajstić information content (AvgIpc) is 2.71. The molecule has 1 atom stereocenters. The number of ether oxygens (including phenoxy) is 1. The highest BCUT2D eigenvalue weighted by Gasteiger charge is 2.27. The predicted molar refractivity (Wildman–Crippen MR) is 126 cm³/mol. The van der Waals surface area contributed by atoms with Crippen molar-refractivity contribution in [3.8, 4) is 0 Å². The third-order valence-corrected chi connectivity index (χ3v) is 4.32. The van der Waals surface area contributed by atoms with Gasteiger partial charge < -0.3 is 20.5 Å². The normalized spacial score (nSPS) is 13.8. The zero-order valence-electron chi connectivity index (χ0n) is 17.6. The topological polar surface area (TPSA) is 65.9 Å². The Hall–Kier alpha value is -1.85. The summed E-state index contributed by atoms with van der Waals surface area (Å²) in [6.45, 7) is 3.64. The Balaban J connectivity index is 0.00000480. The Bertz CT molecular complexity index is 798. The van der Waals surface area contributed by atoms with Crippen LogP contribution < -0.4 is 10.6 Å². The van der Waals surface area contributed by atoms with Gasteiger partial charge >= 0.3 is 6.18 Å². The van der Waals surface area contributed by atoms with Crippen LogP contribution in [0.15, 0.2) is 59.6 Å². The summed E-state index contributed by atoms with van der Waals surface area (Å²) >= 11 is 0. The lowest BCUT2D eigenvalue weighted by Gasteiger charge is -2.25. The van der Waals surface area contributed by atoms with E-state index in [1.807, 2.05) is 37.3 Å². The van der Waals surface area contributed by atoms with Crippen molar-refractivity contribution in [2.75, 3.05) is 19.7 Å². The van der Waals surface area contributed by atoms with Crippen molar-refractivity contribution in [2.45, 2.75) is 38.8 Å². The molecule has 3 N–H and O–H groups in total. The summed E-state index contributed by atoms with van der Waals surface area (Å²) in [6, 6.07) is 16.4. The van der Waals surface area contributed by atoms with E-state index >= 15 is 0 Å². The molecular weight excluding hydrogens is 522 g/mol. The molecule has 2 aromatic rings. The van der Waals surface area contributed by atoms with Gasteiger partial charge in [0.25, 0.3) is 0 Å². The smallest absolute Gasteiger partial charge is 0.384 e. The molecule has 172 valence electrons. The molecule has 0 saturated heterocycles. The second-order valence-corrected chi connectivity index (χ2v) is 7.11. The minimum absolute atomic E-state index is 0. The standard InChI is InChI=1S/C22H28F3N3O2.HI/c1-3-26-20(28-15-21(2,29)19-7-5-4-6-8-19)27-13-17-9-11-18(12-10-17)14-30-16-22(23,24)25;/h4-12,29H,3,13-16H2,1-2H3,(H2,26,27,28);1H. The fourth-order valence-corrected chi connectivity index (χ4v) is 2.69. The molecule has 5 nitrogen and oxygen atoms in total.